The molecule has 0 aliphatic carbocycles. The molecule has 0 rings (SSSR count). The van der Waals surface area contributed by atoms with Crippen LogP contribution in [0.2, 0.25) is 0 Å². The Morgan fingerprint density at radius 2 is 0.720 bits per heavy atom. The molecule has 0 aromatic heterocycles. The van der Waals surface area contributed by atoms with E-state index in [0.717, 1.165) is 48.3 Å². The van der Waals surface area contributed by atoms with Gasteiger partial charge in [0.05, 0.1) is 13.2 Å². The van der Waals surface area contributed by atoms with Crippen molar-refractivity contribution in [3.63, 3.8) is 0 Å². The number of hydrogen-bond donors (Lipinski definition) is 2. The zero-order valence-electron chi connectivity index (χ0n) is 35.1. The van der Waals surface area contributed by atoms with Crippen molar-refractivity contribution in [2.45, 2.75) is 204 Å². The minimum Gasteiger partial charge on any atom is -0.379 e. The van der Waals surface area contributed by atoms with Crippen molar-refractivity contribution in [2.24, 2.45) is 47.3 Å². The molecule has 0 aromatic rings. The van der Waals surface area contributed by atoms with Gasteiger partial charge in [0.15, 0.2) is 0 Å². The minimum absolute atomic E-state index is 0.156. The maximum absolute atomic E-state index is 11.3. The van der Waals surface area contributed by atoms with E-state index in [4.69, 9.17) is 14.0 Å². The maximum atomic E-state index is 11.3. The highest BCUT2D eigenvalue weighted by Crippen LogP contribution is 2.36. The Morgan fingerprint density at radius 1 is 0.420 bits per heavy atom. The molecule has 0 amide bonds. The van der Waals surface area contributed by atoms with E-state index in [1.165, 1.54) is 116 Å². The fraction of sp³-hybridized carbons (Fsp3) is 1.00. The van der Waals surface area contributed by atoms with E-state index < -0.39 is 13.9 Å². The Hall–Kier alpha value is 0.0300. The van der Waals surface area contributed by atoms with E-state index in [9.17, 15) is 14.4 Å². The van der Waals surface area contributed by atoms with Gasteiger partial charge in [-0.1, -0.05) is 185 Å². The van der Waals surface area contributed by atoms with Gasteiger partial charge in [-0.3, -0.25) is 4.52 Å². The molecule has 6 unspecified atom stereocenters. The highest BCUT2D eigenvalue weighted by molar-refractivity contribution is 7.46. The first-order valence-electron chi connectivity index (χ1n) is 21.5. The lowest BCUT2D eigenvalue weighted by Crippen LogP contribution is -2.26. The van der Waals surface area contributed by atoms with Crippen LogP contribution in [0.4, 0.5) is 0 Å². The van der Waals surface area contributed by atoms with Crippen LogP contribution in [-0.2, 0) is 18.6 Å². The van der Waals surface area contributed by atoms with Gasteiger partial charge in [-0.25, -0.2) is 4.57 Å². The Balaban J connectivity index is 4.15. The van der Waals surface area contributed by atoms with E-state index in [1.807, 2.05) is 0 Å². The molecule has 0 saturated heterocycles. The Kier molecular flexibility index (Phi) is 31.4. The molecular formula is C43H89O6P. The summed E-state index contributed by atoms with van der Waals surface area (Å²) in [6, 6.07) is 0. The summed E-state index contributed by atoms with van der Waals surface area (Å²) >= 11 is 0. The molecule has 0 bridgehead atoms. The van der Waals surface area contributed by atoms with Crippen molar-refractivity contribution in [3.8, 4) is 0 Å². The van der Waals surface area contributed by atoms with Crippen LogP contribution in [0.3, 0.4) is 0 Å². The van der Waals surface area contributed by atoms with Gasteiger partial charge in [-0.05, 0) is 60.2 Å². The second kappa shape index (κ2) is 31.4. The van der Waals surface area contributed by atoms with Gasteiger partial charge >= 0.3 is 7.82 Å². The van der Waals surface area contributed by atoms with Gasteiger partial charge in [0.1, 0.15) is 6.10 Å². The molecule has 0 radical (unpaired) electrons. The van der Waals surface area contributed by atoms with Gasteiger partial charge in [-0.15, -0.1) is 0 Å². The molecule has 0 spiro atoms. The van der Waals surface area contributed by atoms with Crippen LogP contribution in [0.15, 0.2) is 0 Å². The smallest absolute Gasteiger partial charge is 0.379 e. The van der Waals surface area contributed by atoms with Gasteiger partial charge in [0, 0.05) is 13.2 Å². The minimum atomic E-state index is -4.55. The third kappa shape index (κ3) is 35.1. The molecule has 0 aromatic carbocycles. The van der Waals surface area contributed by atoms with Crippen LogP contribution < -0.4 is 0 Å². The molecule has 7 atom stereocenters. The van der Waals surface area contributed by atoms with Gasteiger partial charge in [0.2, 0.25) is 0 Å². The molecule has 2 N–H and O–H groups in total. The summed E-state index contributed by atoms with van der Waals surface area (Å²) in [5, 5.41) is 0. The number of ether oxygens (including phenoxy) is 2. The predicted octanol–water partition coefficient (Wildman–Crippen LogP) is 13.4. The van der Waals surface area contributed by atoms with Crippen molar-refractivity contribution >= 4 is 7.82 Å². The van der Waals surface area contributed by atoms with Gasteiger partial charge in [0.25, 0.3) is 0 Å². The fourth-order valence-corrected chi connectivity index (χ4v) is 7.49. The van der Waals surface area contributed by atoms with Crippen LogP contribution in [0, 0.1) is 47.3 Å². The normalized spacial score (nSPS) is 16.8. The number of phosphoric ester groups is 1. The number of rotatable bonds is 36. The average molecular weight is 733 g/mol. The fourth-order valence-electron chi connectivity index (χ4n) is 7.13. The third-order valence-corrected chi connectivity index (χ3v) is 11.5. The summed E-state index contributed by atoms with van der Waals surface area (Å²) in [5.41, 5.74) is 0. The summed E-state index contributed by atoms with van der Waals surface area (Å²) in [7, 11) is -4.55. The molecule has 7 heteroatoms. The topological polar surface area (TPSA) is 85.2 Å². The second-order valence-electron chi connectivity index (χ2n) is 17.9. The summed E-state index contributed by atoms with van der Waals surface area (Å²) in [4.78, 5) is 18.5. The van der Waals surface area contributed by atoms with Crippen LogP contribution >= 0.6 is 7.82 Å². The first kappa shape index (κ1) is 50.0. The Bertz CT molecular complexity index is 785. The van der Waals surface area contributed by atoms with Crippen molar-refractivity contribution in [3.05, 3.63) is 0 Å². The molecule has 0 saturated carbocycles. The largest absolute Gasteiger partial charge is 0.469 e. The first-order chi connectivity index (χ1) is 23.6. The molecule has 0 fully saturated rings. The first-order valence-corrected chi connectivity index (χ1v) is 23.0. The summed E-state index contributed by atoms with van der Waals surface area (Å²) in [6.07, 6.45) is 25.3. The van der Waals surface area contributed by atoms with E-state index >= 15 is 0 Å². The van der Waals surface area contributed by atoms with Crippen molar-refractivity contribution in [1.29, 1.82) is 0 Å². The van der Waals surface area contributed by atoms with Crippen molar-refractivity contribution < 1.29 is 28.3 Å². The van der Waals surface area contributed by atoms with Gasteiger partial charge < -0.3 is 19.3 Å². The maximum Gasteiger partial charge on any atom is 0.469 e. The zero-order valence-corrected chi connectivity index (χ0v) is 36.0. The predicted molar refractivity (Wildman–Crippen MR) is 216 cm³/mol. The van der Waals surface area contributed by atoms with Crippen LogP contribution in [0.1, 0.15) is 198 Å². The third-order valence-electron chi connectivity index (χ3n) is 11.0. The summed E-state index contributed by atoms with van der Waals surface area (Å²) < 4.78 is 28.1. The molecule has 302 valence electrons. The number of hydrogen-bond acceptors (Lipinski definition) is 4. The monoisotopic (exact) mass is 733 g/mol. The molecule has 0 heterocycles. The summed E-state index contributed by atoms with van der Waals surface area (Å²) in [5.74, 6) is 6.10. The zero-order chi connectivity index (χ0) is 37.8. The second-order valence-corrected chi connectivity index (χ2v) is 19.2. The molecule has 50 heavy (non-hydrogen) atoms. The molecule has 6 nitrogen and oxygen atoms in total. The molecular weight excluding hydrogens is 643 g/mol. The standard InChI is InChI=1S/C43H89O6P/c1-35(2)17-11-19-37(5)21-13-23-39(7)25-15-27-41(9)29-31-47-33-43(34-49-50(44,45)46)48-32-30-42(10)28-16-26-40(8)24-14-22-38(6)20-12-18-36(3)4/h35-43H,11-34H2,1-10H3,(H2,44,45,46)/t37?,38?,39?,40?,41?,42?,43-/m1/s1. The van der Waals surface area contributed by atoms with Gasteiger partial charge in [-0.2, -0.15) is 0 Å². The van der Waals surface area contributed by atoms with E-state index in [1.54, 1.807) is 0 Å². The van der Waals surface area contributed by atoms with E-state index in [2.05, 4.69) is 69.2 Å². The highest BCUT2D eigenvalue weighted by atomic mass is 31.2. The lowest BCUT2D eigenvalue weighted by Gasteiger charge is -2.21. The summed E-state index contributed by atoms with van der Waals surface area (Å²) in [6.45, 7) is 24.9. The van der Waals surface area contributed by atoms with E-state index in [0.29, 0.717) is 31.7 Å². The lowest BCUT2D eigenvalue weighted by atomic mass is 9.91. The Labute approximate surface area is 313 Å². The van der Waals surface area contributed by atoms with Crippen molar-refractivity contribution in [1.82, 2.24) is 0 Å². The molecule has 0 aliphatic rings. The highest BCUT2D eigenvalue weighted by Gasteiger charge is 2.20. The number of phosphoric acid groups is 1. The average Bonchev–Trinajstić information content (AvgIpc) is 3.00. The van der Waals surface area contributed by atoms with Crippen LogP contribution in [0.5, 0.6) is 0 Å². The van der Waals surface area contributed by atoms with Crippen molar-refractivity contribution in [2.75, 3.05) is 26.4 Å². The quantitative estimate of drug-likeness (QED) is 0.0493. The lowest BCUT2D eigenvalue weighted by molar-refractivity contribution is -0.0462. The van der Waals surface area contributed by atoms with Crippen LogP contribution in [0.25, 0.3) is 0 Å². The Morgan fingerprint density at radius 3 is 1.04 bits per heavy atom. The SMILES string of the molecule is CC(C)CCCC(C)CCCC(C)CCCC(C)CCOC[C@H](COP(=O)(O)O)OCCC(C)CCCC(C)CCCC(C)CCCC(C)C. The van der Waals surface area contributed by atoms with E-state index in [-0.39, 0.29) is 6.61 Å². The van der Waals surface area contributed by atoms with Crippen LogP contribution in [-0.4, -0.2) is 42.3 Å². The molecule has 0 aliphatic heterocycles.